The van der Waals surface area contributed by atoms with E-state index in [1.165, 1.54) is 0 Å². The van der Waals surface area contributed by atoms with Crippen molar-refractivity contribution in [2.75, 3.05) is 0 Å². The van der Waals surface area contributed by atoms with Crippen LogP contribution >= 0.6 is 0 Å². The fourth-order valence-corrected chi connectivity index (χ4v) is 2.44. The first-order valence-electron chi connectivity index (χ1n) is 3.75. The van der Waals surface area contributed by atoms with Crippen LogP contribution in [0.1, 0.15) is 6.42 Å². The van der Waals surface area contributed by atoms with Gasteiger partial charge >= 0.3 is 5.97 Å². The van der Waals surface area contributed by atoms with Crippen LogP contribution in [0.25, 0.3) is 0 Å². The highest BCUT2D eigenvalue weighted by atomic mass is 16.6. The van der Waals surface area contributed by atoms with Crippen molar-refractivity contribution in [3.05, 3.63) is 12.2 Å². The maximum absolute atomic E-state index is 11.0. The molecule has 3 aliphatic rings. The number of ether oxygens (including phenoxy) is 1. The van der Waals surface area contributed by atoms with E-state index < -0.39 is 0 Å². The van der Waals surface area contributed by atoms with Crippen LogP contribution < -0.4 is 0 Å². The van der Waals surface area contributed by atoms with E-state index in [0.29, 0.717) is 11.8 Å². The molecule has 10 heavy (non-hydrogen) atoms. The molecule has 2 nitrogen and oxygen atoms in total. The Morgan fingerprint density at radius 2 is 2.40 bits per heavy atom. The number of carbonyl (C=O) groups excluding carboxylic acids is 1. The summed E-state index contributed by atoms with van der Waals surface area (Å²) < 4.78 is 5.15. The number of carbonyl (C=O) groups is 1. The molecule has 2 heteroatoms. The first-order valence-corrected chi connectivity index (χ1v) is 3.75. The molecule has 1 saturated carbocycles. The van der Waals surface area contributed by atoms with Crippen LogP contribution in [0.15, 0.2) is 12.2 Å². The van der Waals surface area contributed by atoms with E-state index in [2.05, 4.69) is 12.2 Å². The highest BCUT2D eigenvalue weighted by molar-refractivity contribution is 5.77. The summed E-state index contributed by atoms with van der Waals surface area (Å²) in [6, 6.07) is 0. The molecule has 1 aliphatic heterocycles. The van der Waals surface area contributed by atoms with Crippen molar-refractivity contribution in [1.82, 2.24) is 0 Å². The van der Waals surface area contributed by atoms with E-state index >= 15 is 0 Å². The van der Waals surface area contributed by atoms with Gasteiger partial charge in [0.2, 0.25) is 0 Å². The van der Waals surface area contributed by atoms with E-state index in [9.17, 15) is 4.79 Å². The zero-order valence-electron chi connectivity index (χ0n) is 5.49. The third-order valence-electron chi connectivity index (χ3n) is 2.93. The van der Waals surface area contributed by atoms with Crippen molar-refractivity contribution in [2.45, 2.75) is 12.5 Å². The highest BCUT2D eigenvalue weighted by Gasteiger charge is 2.56. The van der Waals surface area contributed by atoms with Crippen LogP contribution in [-0.4, -0.2) is 12.1 Å². The molecule has 1 heterocycles. The molecular formula is C8H8O2. The van der Waals surface area contributed by atoms with Crippen molar-refractivity contribution in [2.24, 2.45) is 17.8 Å². The predicted molar refractivity (Wildman–Crippen MR) is 34.1 cm³/mol. The zero-order valence-corrected chi connectivity index (χ0v) is 5.49. The average Bonchev–Trinajstić information content (AvgIpc) is 2.53. The van der Waals surface area contributed by atoms with Crippen LogP contribution in [0.5, 0.6) is 0 Å². The Morgan fingerprint density at radius 3 is 3.00 bits per heavy atom. The summed E-state index contributed by atoms with van der Waals surface area (Å²) in [5, 5.41) is 0. The second-order valence-electron chi connectivity index (χ2n) is 3.37. The fourth-order valence-electron chi connectivity index (χ4n) is 2.44. The predicted octanol–water partition coefficient (Wildman–Crippen LogP) is 0.734. The molecule has 52 valence electrons. The summed E-state index contributed by atoms with van der Waals surface area (Å²) in [6.07, 6.45) is 5.62. The lowest BCUT2D eigenvalue weighted by molar-refractivity contribution is -0.149. The molecule has 0 amide bonds. The van der Waals surface area contributed by atoms with Crippen molar-refractivity contribution in [3.8, 4) is 0 Å². The highest BCUT2D eigenvalue weighted by Crippen LogP contribution is 2.50. The largest absolute Gasteiger partial charge is 0.461 e. The van der Waals surface area contributed by atoms with Gasteiger partial charge in [-0.05, 0) is 6.42 Å². The Hall–Kier alpha value is -0.790. The van der Waals surface area contributed by atoms with Gasteiger partial charge in [-0.25, -0.2) is 0 Å². The summed E-state index contributed by atoms with van der Waals surface area (Å²) in [6.45, 7) is 0. The minimum Gasteiger partial charge on any atom is -0.461 e. The third-order valence-corrected chi connectivity index (χ3v) is 2.93. The van der Waals surface area contributed by atoms with Gasteiger partial charge in [-0.3, -0.25) is 4.79 Å². The number of esters is 1. The second kappa shape index (κ2) is 1.29. The van der Waals surface area contributed by atoms with Gasteiger partial charge < -0.3 is 4.74 Å². The topological polar surface area (TPSA) is 26.3 Å². The summed E-state index contributed by atoms with van der Waals surface area (Å²) in [5.74, 6) is 1.26. The lowest BCUT2D eigenvalue weighted by atomic mass is 9.95. The maximum Gasteiger partial charge on any atom is 0.310 e. The van der Waals surface area contributed by atoms with E-state index in [4.69, 9.17) is 4.74 Å². The van der Waals surface area contributed by atoms with Gasteiger partial charge in [-0.2, -0.15) is 0 Å². The van der Waals surface area contributed by atoms with Gasteiger partial charge in [0.05, 0.1) is 5.92 Å². The van der Waals surface area contributed by atoms with E-state index in [0.717, 1.165) is 6.42 Å². The summed E-state index contributed by atoms with van der Waals surface area (Å²) in [7, 11) is 0. The summed E-state index contributed by atoms with van der Waals surface area (Å²) in [4.78, 5) is 11.0. The van der Waals surface area contributed by atoms with Crippen LogP contribution in [0, 0.1) is 17.8 Å². The SMILES string of the molecule is O=C1OC2C3C=CC2C1C3. The lowest BCUT2D eigenvalue weighted by Gasteiger charge is -2.16. The van der Waals surface area contributed by atoms with Crippen LogP contribution in [0.4, 0.5) is 0 Å². The first-order chi connectivity index (χ1) is 4.86. The Balaban J connectivity index is 2.10. The van der Waals surface area contributed by atoms with E-state index in [1.54, 1.807) is 0 Å². The molecule has 2 fully saturated rings. The van der Waals surface area contributed by atoms with Crippen molar-refractivity contribution in [3.63, 3.8) is 0 Å². The Kier molecular flexibility index (Phi) is 0.636. The average molecular weight is 136 g/mol. The minimum absolute atomic E-state index is 0.0376. The standard InChI is InChI=1S/C8H8O2/c9-8-6-3-4-1-2-5(6)7(4)10-8/h1-2,4-7H,3H2. The van der Waals surface area contributed by atoms with Gasteiger partial charge in [0, 0.05) is 11.8 Å². The second-order valence-corrected chi connectivity index (χ2v) is 3.37. The van der Waals surface area contributed by atoms with Gasteiger partial charge in [-0.1, -0.05) is 12.2 Å². The van der Waals surface area contributed by atoms with Crippen molar-refractivity contribution in [1.29, 1.82) is 0 Å². The van der Waals surface area contributed by atoms with Crippen LogP contribution in [0.2, 0.25) is 0 Å². The summed E-state index contributed by atoms with van der Waals surface area (Å²) >= 11 is 0. The monoisotopic (exact) mass is 136 g/mol. The number of hydrogen-bond acceptors (Lipinski definition) is 2. The third kappa shape index (κ3) is 0.349. The molecule has 0 spiro atoms. The van der Waals surface area contributed by atoms with E-state index in [-0.39, 0.29) is 18.0 Å². The minimum atomic E-state index is 0.0376. The molecule has 0 aromatic heterocycles. The smallest absolute Gasteiger partial charge is 0.310 e. The van der Waals surface area contributed by atoms with Crippen LogP contribution in [0.3, 0.4) is 0 Å². The van der Waals surface area contributed by atoms with Crippen molar-refractivity contribution < 1.29 is 9.53 Å². The first kappa shape index (κ1) is 4.94. The fraction of sp³-hybridized carbons (Fsp3) is 0.625. The molecule has 1 saturated heterocycles. The maximum atomic E-state index is 11.0. The Bertz CT molecular complexity index is 231. The summed E-state index contributed by atoms with van der Waals surface area (Å²) in [5.41, 5.74) is 0. The molecule has 4 atom stereocenters. The molecule has 4 unspecified atom stereocenters. The molecule has 2 aliphatic carbocycles. The molecule has 0 aromatic carbocycles. The number of rotatable bonds is 0. The van der Waals surface area contributed by atoms with Gasteiger partial charge in [0.25, 0.3) is 0 Å². The van der Waals surface area contributed by atoms with E-state index in [1.807, 2.05) is 0 Å². The molecule has 0 radical (unpaired) electrons. The van der Waals surface area contributed by atoms with Gasteiger partial charge in [0.1, 0.15) is 6.10 Å². The zero-order chi connectivity index (χ0) is 6.72. The van der Waals surface area contributed by atoms with Gasteiger partial charge in [0.15, 0.2) is 0 Å². The Morgan fingerprint density at radius 1 is 1.50 bits per heavy atom. The Labute approximate surface area is 58.9 Å². The quantitative estimate of drug-likeness (QED) is 0.362. The van der Waals surface area contributed by atoms with Crippen molar-refractivity contribution >= 4 is 5.97 Å². The van der Waals surface area contributed by atoms with Crippen LogP contribution in [-0.2, 0) is 9.53 Å². The molecule has 3 rings (SSSR count). The molecular weight excluding hydrogens is 128 g/mol. The normalized spacial score (nSPS) is 54.2. The number of hydrogen-bond donors (Lipinski definition) is 0. The lowest BCUT2D eigenvalue weighted by Crippen LogP contribution is -2.21. The molecule has 4 bridgehead atoms. The molecule has 0 aromatic rings. The van der Waals surface area contributed by atoms with Gasteiger partial charge in [-0.15, -0.1) is 0 Å². The molecule has 0 N–H and O–H groups in total.